The first kappa shape index (κ1) is 15.9. The van der Waals surface area contributed by atoms with Crippen molar-refractivity contribution in [1.29, 1.82) is 5.26 Å². The molecule has 0 saturated carbocycles. The van der Waals surface area contributed by atoms with Crippen LogP contribution in [-0.2, 0) is 0 Å². The molecule has 1 unspecified atom stereocenters. The number of ether oxygens (including phenoxy) is 1. The Morgan fingerprint density at radius 3 is 2.57 bits per heavy atom. The monoisotopic (exact) mass is 325 g/mol. The SMILES string of the molecule is COc1c(Cl)cc(Cl)cc1C(C#N)N1N=C(C)CC1(C)C. The lowest BCUT2D eigenvalue weighted by atomic mass is 9.95. The van der Waals surface area contributed by atoms with Crippen molar-refractivity contribution < 1.29 is 4.74 Å². The van der Waals surface area contributed by atoms with Gasteiger partial charge < -0.3 is 4.74 Å². The van der Waals surface area contributed by atoms with Crippen LogP contribution in [0.15, 0.2) is 17.2 Å². The molecule has 0 bridgehead atoms. The third-order valence-corrected chi connectivity index (χ3v) is 3.99. The van der Waals surface area contributed by atoms with Gasteiger partial charge in [0.1, 0.15) is 5.75 Å². The predicted octanol–water partition coefficient (Wildman–Crippen LogP) is 4.43. The van der Waals surface area contributed by atoms with E-state index in [2.05, 4.69) is 25.0 Å². The Morgan fingerprint density at radius 2 is 2.10 bits per heavy atom. The van der Waals surface area contributed by atoms with Crippen LogP contribution in [0.25, 0.3) is 0 Å². The minimum Gasteiger partial charge on any atom is -0.495 e. The van der Waals surface area contributed by atoms with Crippen LogP contribution in [-0.4, -0.2) is 23.4 Å². The minimum absolute atomic E-state index is 0.246. The van der Waals surface area contributed by atoms with Crippen molar-refractivity contribution in [3.63, 3.8) is 0 Å². The van der Waals surface area contributed by atoms with Crippen molar-refractivity contribution in [1.82, 2.24) is 5.01 Å². The summed E-state index contributed by atoms with van der Waals surface area (Å²) in [7, 11) is 1.52. The van der Waals surface area contributed by atoms with E-state index in [1.807, 2.05) is 6.92 Å². The van der Waals surface area contributed by atoms with Gasteiger partial charge >= 0.3 is 0 Å². The van der Waals surface area contributed by atoms with E-state index in [4.69, 9.17) is 27.9 Å². The number of hydrogen-bond donors (Lipinski definition) is 0. The Balaban J connectivity index is 2.56. The van der Waals surface area contributed by atoms with Gasteiger partial charge in [0.2, 0.25) is 0 Å². The average Bonchev–Trinajstić information content (AvgIpc) is 2.63. The molecule has 1 atom stereocenters. The lowest BCUT2D eigenvalue weighted by molar-refractivity contribution is 0.121. The van der Waals surface area contributed by atoms with E-state index < -0.39 is 6.04 Å². The second kappa shape index (κ2) is 5.75. The van der Waals surface area contributed by atoms with Crippen molar-refractivity contribution >= 4 is 28.9 Å². The summed E-state index contributed by atoms with van der Waals surface area (Å²) in [6.07, 6.45) is 0.807. The van der Waals surface area contributed by atoms with Gasteiger partial charge in [0.05, 0.1) is 23.7 Å². The molecule has 0 saturated heterocycles. The Labute approximate surface area is 134 Å². The van der Waals surface area contributed by atoms with Gasteiger partial charge in [-0.15, -0.1) is 0 Å². The lowest BCUT2D eigenvalue weighted by Crippen LogP contribution is -2.38. The van der Waals surface area contributed by atoms with Crippen molar-refractivity contribution in [2.24, 2.45) is 5.10 Å². The summed E-state index contributed by atoms with van der Waals surface area (Å²) < 4.78 is 5.35. The molecule has 0 spiro atoms. The molecule has 6 heteroatoms. The molecule has 2 rings (SSSR count). The highest BCUT2D eigenvalue weighted by Gasteiger charge is 2.39. The summed E-state index contributed by atoms with van der Waals surface area (Å²) in [5.74, 6) is 0.461. The van der Waals surface area contributed by atoms with Crippen molar-refractivity contribution in [3.8, 4) is 11.8 Å². The normalized spacial score (nSPS) is 18.1. The fraction of sp³-hybridized carbons (Fsp3) is 0.467. The van der Waals surface area contributed by atoms with Gasteiger partial charge in [0.15, 0.2) is 6.04 Å². The van der Waals surface area contributed by atoms with Crippen LogP contribution in [0.1, 0.15) is 38.8 Å². The minimum atomic E-state index is -0.608. The maximum Gasteiger partial charge on any atom is 0.162 e. The molecule has 1 aromatic rings. The molecule has 1 aliphatic rings. The van der Waals surface area contributed by atoms with Crippen molar-refractivity contribution in [2.75, 3.05) is 7.11 Å². The molecule has 0 N–H and O–H groups in total. The van der Waals surface area contributed by atoms with Crippen LogP contribution < -0.4 is 4.74 Å². The molecule has 1 aliphatic heterocycles. The lowest BCUT2D eigenvalue weighted by Gasteiger charge is -2.34. The average molecular weight is 326 g/mol. The first-order valence-corrected chi connectivity index (χ1v) is 7.31. The predicted molar refractivity (Wildman–Crippen MR) is 85.0 cm³/mol. The van der Waals surface area contributed by atoms with E-state index in [0.29, 0.717) is 21.4 Å². The maximum absolute atomic E-state index is 9.66. The molecule has 0 radical (unpaired) electrons. The molecule has 0 fully saturated rings. The summed E-state index contributed by atoms with van der Waals surface area (Å²) in [6, 6.07) is 4.99. The molecule has 0 aromatic heterocycles. The van der Waals surface area contributed by atoms with E-state index in [1.54, 1.807) is 17.1 Å². The van der Waals surface area contributed by atoms with Crippen LogP contribution in [0.5, 0.6) is 5.75 Å². The zero-order valence-corrected chi connectivity index (χ0v) is 14.0. The van der Waals surface area contributed by atoms with Crippen LogP contribution in [0.3, 0.4) is 0 Å². The summed E-state index contributed by atoms with van der Waals surface area (Å²) in [5, 5.41) is 16.8. The van der Waals surface area contributed by atoms with Crippen molar-refractivity contribution in [3.05, 3.63) is 27.7 Å². The van der Waals surface area contributed by atoms with Crippen LogP contribution in [0.4, 0.5) is 0 Å². The van der Waals surface area contributed by atoms with Gasteiger partial charge in [0, 0.05) is 22.7 Å². The maximum atomic E-state index is 9.66. The molecule has 4 nitrogen and oxygen atoms in total. The number of hydrogen-bond acceptors (Lipinski definition) is 4. The summed E-state index contributed by atoms with van der Waals surface area (Å²) in [6.45, 7) is 6.06. The number of halogens is 2. The number of methoxy groups -OCH3 is 1. The van der Waals surface area contributed by atoms with E-state index in [1.165, 1.54) is 7.11 Å². The van der Waals surface area contributed by atoms with Crippen LogP contribution in [0, 0.1) is 11.3 Å². The molecule has 21 heavy (non-hydrogen) atoms. The molecular weight excluding hydrogens is 309 g/mol. The van der Waals surface area contributed by atoms with E-state index in [9.17, 15) is 5.26 Å². The largest absolute Gasteiger partial charge is 0.495 e. The highest BCUT2D eigenvalue weighted by Crippen LogP contribution is 2.42. The van der Waals surface area contributed by atoms with Crippen molar-refractivity contribution in [2.45, 2.75) is 38.8 Å². The molecule has 0 aliphatic carbocycles. The van der Waals surface area contributed by atoms with E-state index in [0.717, 1.165) is 12.1 Å². The number of benzene rings is 1. The van der Waals surface area contributed by atoms with E-state index >= 15 is 0 Å². The highest BCUT2D eigenvalue weighted by atomic mass is 35.5. The Kier molecular flexibility index (Phi) is 4.36. The number of nitrogens with zero attached hydrogens (tertiary/aromatic N) is 3. The Bertz CT molecular complexity index is 635. The standard InChI is InChI=1S/C15H17Cl2N3O/c1-9-7-15(2,3)20(19-9)13(8-18)11-5-10(16)6-12(17)14(11)21-4/h5-6,13H,7H2,1-4H3. The third-order valence-electron chi connectivity index (χ3n) is 3.49. The van der Waals surface area contributed by atoms with Gasteiger partial charge in [0.25, 0.3) is 0 Å². The summed E-state index contributed by atoms with van der Waals surface area (Å²) in [5.41, 5.74) is 1.38. The van der Waals surface area contributed by atoms with Gasteiger partial charge in [-0.3, -0.25) is 5.01 Å². The quantitative estimate of drug-likeness (QED) is 0.826. The molecular formula is C15H17Cl2N3O. The van der Waals surface area contributed by atoms with Gasteiger partial charge in [-0.2, -0.15) is 10.4 Å². The Hall–Kier alpha value is -1.44. The summed E-state index contributed by atoms with van der Waals surface area (Å²) in [4.78, 5) is 0. The topological polar surface area (TPSA) is 48.6 Å². The summed E-state index contributed by atoms with van der Waals surface area (Å²) >= 11 is 12.3. The first-order chi connectivity index (χ1) is 9.80. The third kappa shape index (κ3) is 2.95. The van der Waals surface area contributed by atoms with Gasteiger partial charge in [-0.1, -0.05) is 23.2 Å². The van der Waals surface area contributed by atoms with Crippen LogP contribution in [0.2, 0.25) is 10.0 Å². The highest BCUT2D eigenvalue weighted by molar-refractivity contribution is 6.35. The fourth-order valence-electron chi connectivity index (χ4n) is 2.72. The second-order valence-electron chi connectivity index (χ2n) is 5.71. The fourth-order valence-corrected chi connectivity index (χ4v) is 3.31. The number of rotatable bonds is 3. The van der Waals surface area contributed by atoms with E-state index in [-0.39, 0.29) is 5.54 Å². The zero-order valence-electron chi connectivity index (χ0n) is 12.4. The molecule has 1 heterocycles. The zero-order chi connectivity index (χ0) is 15.8. The molecule has 0 amide bonds. The van der Waals surface area contributed by atoms with Gasteiger partial charge in [-0.25, -0.2) is 0 Å². The van der Waals surface area contributed by atoms with Crippen LogP contribution >= 0.6 is 23.2 Å². The van der Waals surface area contributed by atoms with Gasteiger partial charge in [-0.05, 0) is 32.9 Å². The second-order valence-corrected chi connectivity index (χ2v) is 6.55. The first-order valence-electron chi connectivity index (χ1n) is 6.56. The molecule has 1 aromatic carbocycles. The Morgan fingerprint density at radius 1 is 1.43 bits per heavy atom. The number of nitriles is 1. The number of hydrazone groups is 1. The molecule has 112 valence electrons. The smallest absolute Gasteiger partial charge is 0.162 e.